The Kier molecular flexibility index (Phi) is 3.81. The van der Waals surface area contributed by atoms with E-state index in [1.807, 2.05) is 18.2 Å². The summed E-state index contributed by atoms with van der Waals surface area (Å²) >= 11 is 0. The number of fused-ring (bicyclic) bond motifs is 1. The Bertz CT molecular complexity index is 557. The molecule has 2 rings (SSSR count). The monoisotopic (exact) mass is 231 g/mol. The van der Waals surface area contributed by atoms with Crippen molar-refractivity contribution in [3.8, 4) is 0 Å². The molecule has 0 fully saturated rings. The van der Waals surface area contributed by atoms with E-state index in [1.165, 1.54) is 7.11 Å². The van der Waals surface area contributed by atoms with Crippen LogP contribution in [0.4, 0.5) is 0 Å². The van der Waals surface area contributed by atoms with E-state index in [2.05, 4.69) is 24.2 Å². The molecule has 1 aromatic carbocycles. The molecular weight excluding hydrogens is 214 g/mol. The van der Waals surface area contributed by atoms with E-state index in [0.717, 1.165) is 35.8 Å². The number of rotatable bonds is 4. The third kappa shape index (κ3) is 2.67. The Hall–Kier alpha value is -1.77. The van der Waals surface area contributed by atoms with E-state index >= 15 is 0 Å². The zero-order valence-electron chi connectivity index (χ0n) is 10.3. The Morgan fingerprint density at radius 3 is 2.88 bits per heavy atom. The average Bonchev–Trinajstić information content (AvgIpc) is 2.37. The lowest BCUT2D eigenvalue weighted by Gasteiger charge is -2.03. The molecule has 0 saturated heterocycles. The normalized spacial score (nSPS) is 12.0. The van der Waals surface area contributed by atoms with Gasteiger partial charge < -0.3 is 9.25 Å². The van der Waals surface area contributed by atoms with Crippen LogP contribution in [0.3, 0.4) is 0 Å². The second-order valence-corrected chi connectivity index (χ2v) is 3.98. The van der Waals surface area contributed by atoms with Gasteiger partial charge in [0.25, 0.3) is 5.55 Å². The lowest BCUT2D eigenvalue weighted by atomic mass is 10.1. The quantitative estimate of drug-likeness (QED) is 0.757. The van der Waals surface area contributed by atoms with Crippen molar-refractivity contribution in [3.63, 3.8) is 0 Å². The molecule has 2 aromatic rings. The summed E-state index contributed by atoms with van der Waals surface area (Å²) in [6, 6.07) is 10.1. The summed E-state index contributed by atoms with van der Waals surface area (Å²) in [5.41, 5.74) is 0.553. The predicted molar refractivity (Wildman–Crippen MR) is 67.4 cm³/mol. The van der Waals surface area contributed by atoms with Crippen LogP contribution in [0, 0.1) is 0 Å². The number of aryl methyl sites for hydroxylation is 1. The van der Waals surface area contributed by atoms with Crippen LogP contribution in [-0.2, 0) is 11.3 Å². The van der Waals surface area contributed by atoms with E-state index in [0.29, 0.717) is 5.55 Å². The fourth-order valence-electron chi connectivity index (χ4n) is 1.82. The number of hydrogen-bond donors (Lipinski definition) is 0. The first-order valence-corrected chi connectivity index (χ1v) is 5.94. The van der Waals surface area contributed by atoms with Gasteiger partial charge in [-0.15, -0.1) is 0 Å². The molecule has 0 atom stereocenters. The van der Waals surface area contributed by atoms with E-state index in [1.54, 1.807) is 0 Å². The van der Waals surface area contributed by atoms with Gasteiger partial charge in [-0.2, -0.15) is 0 Å². The predicted octanol–water partition coefficient (Wildman–Crippen LogP) is 3.24. The molecule has 1 aromatic heterocycles. The number of benzene rings is 1. The summed E-state index contributed by atoms with van der Waals surface area (Å²) in [4.78, 5) is 4.83. The van der Waals surface area contributed by atoms with E-state index in [9.17, 15) is 0 Å². The van der Waals surface area contributed by atoms with Crippen molar-refractivity contribution in [1.29, 1.82) is 0 Å². The molecule has 90 valence electrons. The van der Waals surface area contributed by atoms with Crippen LogP contribution >= 0.6 is 0 Å². The summed E-state index contributed by atoms with van der Waals surface area (Å²) in [5, 5.41) is 6.06. The average molecular weight is 231 g/mol. The van der Waals surface area contributed by atoms with Gasteiger partial charge in [0.1, 0.15) is 12.9 Å². The molecular formula is C14H17NO2. The first-order valence-electron chi connectivity index (χ1n) is 5.94. The van der Waals surface area contributed by atoms with Gasteiger partial charge in [0.05, 0.1) is 0 Å². The van der Waals surface area contributed by atoms with Crippen molar-refractivity contribution in [3.05, 3.63) is 41.6 Å². The van der Waals surface area contributed by atoms with E-state index < -0.39 is 0 Å². The summed E-state index contributed by atoms with van der Waals surface area (Å²) in [6.45, 7) is 2.17. The molecule has 0 aliphatic heterocycles. The highest BCUT2D eigenvalue weighted by Crippen LogP contribution is 2.13. The number of hydrogen-bond acceptors (Lipinski definition) is 3. The van der Waals surface area contributed by atoms with Crippen molar-refractivity contribution >= 4 is 10.8 Å². The largest absolute Gasteiger partial charge is 0.441 e. The van der Waals surface area contributed by atoms with Crippen molar-refractivity contribution in [2.45, 2.75) is 26.2 Å². The smallest absolute Gasteiger partial charge is 0.263 e. The highest BCUT2D eigenvalue weighted by atomic mass is 16.6. The van der Waals surface area contributed by atoms with Gasteiger partial charge in [-0.25, -0.2) is 0 Å². The standard InChI is InChI=1S/C14H17NO2/c1-3-4-8-12-10-11-7-5-6-9-13(11)14(17-12)15-16-2/h5-7,9-10H,3-4,8H2,1-2H3/b15-14-. The first-order chi connectivity index (χ1) is 8.35. The van der Waals surface area contributed by atoms with Gasteiger partial charge in [-0.05, 0) is 29.1 Å². The first kappa shape index (κ1) is 11.7. The Morgan fingerprint density at radius 1 is 1.29 bits per heavy atom. The summed E-state index contributed by atoms with van der Waals surface area (Å²) in [7, 11) is 1.53. The van der Waals surface area contributed by atoms with Crippen molar-refractivity contribution < 1.29 is 9.25 Å². The second-order valence-electron chi connectivity index (χ2n) is 3.98. The lowest BCUT2D eigenvalue weighted by molar-refractivity contribution is 0.184. The molecule has 3 heteroatoms. The number of unbranched alkanes of at least 4 members (excludes halogenated alkanes) is 1. The van der Waals surface area contributed by atoms with Gasteiger partial charge in [0, 0.05) is 11.8 Å². The molecule has 0 aliphatic rings. The van der Waals surface area contributed by atoms with E-state index in [4.69, 9.17) is 9.25 Å². The lowest BCUT2D eigenvalue weighted by Crippen LogP contribution is -2.05. The molecule has 1 heterocycles. The van der Waals surface area contributed by atoms with E-state index in [-0.39, 0.29) is 0 Å². The molecule has 17 heavy (non-hydrogen) atoms. The van der Waals surface area contributed by atoms with Crippen LogP contribution in [0.2, 0.25) is 0 Å². The molecule has 0 amide bonds. The van der Waals surface area contributed by atoms with Crippen molar-refractivity contribution in [2.75, 3.05) is 7.11 Å². The van der Waals surface area contributed by atoms with Crippen LogP contribution in [0.25, 0.3) is 10.8 Å². The van der Waals surface area contributed by atoms with Gasteiger partial charge in [-0.3, -0.25) is 0 Å². The third-order valence-electron chi connectivity index (χ3n) is 2.69. The Balaban J connectivity index is 2.55. The topological polar surface area (TPSA) is 34.7 Å². The minimum absolute atomic E-state index is 0.553. The summed E-state index contributed by atoms with van der Waals surface area (Å²) in [5.74, 6) is 0.960. The zero-order chi connectivity index (χ0) is 12.1. The van der Waals surface area contributed by atoms with Crippen LogP contribution in [0.5, 0.6) is 0 Å². The maximum absolute atomic E-state index is 5.74. The molecule has 0 aliphatic carbocycles. The molecule has 3 nitrogen and oxygen atoms in total. The molecule has 0 radical (unpaired) electrons. The van der Waals surface area contributed by atoms with Gasteiger partial charge in [0.15, 0.2) is 0 Å². The van der Waals surface area contributed by atoms with Gasteiger partial charge >= 0.3 is 0 Å². The van der Waals surface area contributed by atoms with Crippen LogP contribution in [-0.4, -0.2) is 7.11 Å². The molecule has 0 bridgehead atoms. The Morgan fingerprint density at radius 2 is 2.12 bits per heavy atom. The minimum Gasteiger partial charge on any atom is -0.441 e. The molecule has 0 saturated carbocycles. The highest BCUT2D eigenvalue weighted by Gasteiger charge is 2.02. The maximum atomic E-state index is 5.74. The maximum Gasteiger partial charge on any atom is 0.263 e. The minimum atomic E-state index is 0.553. The third-order valence-corrected chi connectivity index (χ3v) is 2.69. The zero-order valence-corrected chi connectivity index (χ0v) is 10.3. The second kappa shape index (κ2) is 5.53. The summed E-state index contributed by atoms with van der Waals surface area (Å²) < 4.78 is 5.74. The molecule has 0 spiro atoms. The molecule has 0 N–H and O–H groups in total. The fourth-order valence-corrected chi connectivity index (χ4v) is 1.82. The van der Waals surface area contributed by atoms with Crippen LogP contribution < -0.4 is 5.55 Å². The van der Waals surface area contributed by atoms with Gasteiger partial charge in [0.2, 0.25) is 0 Å². The van der Waals surface area contributed by atoms with Crippen molar-refractivity contribution in [1.82, 2.24) is 0 Å². The SMILES string of the molecule is CCCCc1cc2ccccc2/c(=N/OC)o1. The highest BCUT2D eigenvalue weighted by molar-refractivity contribution is 5.80. The number of nitrogens with zero attached hydrogens (tertiary/aromatic N) is 1. The van der Waals surface area contributed by atoms with Crippen LogP contribution in [0.15, 0.2) is 39.9 Å². The Labute approximate surface area is 101 Å². The fraction of sp³-hybridized carbons (Fsp3) is 0.357. The van der Waals surface area contributed by atoms with Crippen LogP contribution in [0.1, 0.15) is 25.5 Å². The van der Waals surface area contributed by atoms with Crippen molar-refractivity contribution in [2.24, 2.45) is 5.16 Å². The summed E-state index contributed by atoms with van der Waals surface area (Å²) in [6.07, 6.45) is 3.21. The molecule has 0 unspecified atom stereocenters. The van der Waals surface area contributed by atoms with Gasteiger partial charge in [-0.1, -0.05) is 31.5 Å².